The summed E-state index contributed by atoms with van der Waals surface area (Å²) in [6.07, 6.45) is 22.1. The van der Waals surface area contributed by atoms with Gasteiger partial charge < -0.3 is 0 Å². The molecular weight excluding hydrogens is 252 g/mol. The van der Waals surface area contributed by atoms with Gasteiger partial charge >= 0.3 is 0 Å². The largest absolute Gasteiger partial charge is 0.103 e. The maximum absolute atomic E-state index is 4.00. The highest BCUT2D eigenvalue weighted by atomic mass is 14.1. The fraction of sp³-hybridized carbons (Fsp3) is 0.524. The molecule has 0 fully saturated rings. The van der Waals surface area contributed by atoms with Gasteiger partial charge in [-0.05, 0) is 56.3 Å². The van der Waals surface area contributed by atoms with E-state index in [-0.39, 0.29) is 0 Å². The van der Waals surface area contributed by atoms with Gasteiger partial charge in [-0.3, -0.25) is 0 Å². The van der Waals surface area contributed by atoms with Gasteiger partial charge in [0.1, 0.15) is 0 Å². The van der Waals surface area contributed by atoms with Gasteiger partial charge in [0.2, 0.25) is 0 Å². The Labute approximate surface area is 133 Å². The summed E-state index contributed by atoms with van der Waals surface area (Å²) >= 11 is 0. The molecule has 0 spiro atoms. The molecule has 0 heterocycles. The first-order valence-corrected chi connectivity index (χ1v) is 8.35. The second kappa shape index (κ2) is 13.7. The van der Waals surface area contributed by atoms with Crippen molar-refractivity contribution in [1.82, 2.24) is 0 Å². The Balaban J connectivity index is 4.07. The van der Waals surface area contributed by atoms with Crippen LogP contribution in [0.1, 0.15) is 52.4 Å². The molecule has 1 unspecified atom stereocenters. The second-order valence-corrected chi connectivity index (χ2v) is 5.84. The summed E-state index contributed by atoms with van der Waals surface area (Å²) in [5.74, 6) is 1.73. The summed E-state index contributed by atoms with van der Waals surface area (Å²) in [5.41, 5.74) is 0. The molecule has 0 aliphatic carbocycles. The van der Waals surface area contributed by atoms with E-state index in [9.17, 15) is 0 Å². The normalized spacial score (nSPS) is 15.9. The Hall–Kier alpha value is -1.30. The van der Waals surface area contributed by atoms with Gasteiger partial charge in [0.05, 0.1) is 0 Å². The molecule has 0 rings (SSSR count). The van der Waals surface area contributed by atoms with Gasteiger partial charge in [-0.2, -0.15) is 0 Å². The van der Waals surface area contributed by atoms with E-state index in [1.165, 1.54) is 6.42 Å². The first-order valence-electron chi connectivity index (χ1n) is 8.35. The third-order valence-electron chi connectivity index (χ3n) is 3.89. The molecule has 118 valence electrons. The van der Waals surface area contributed by atoms with Crippen LogP contribution in [-0.4, -0.2) is 0 Å². The first-order chi connectivity index (χ1) is 10.2. The Kier molecular flexibility index (Phi) is 12.8. The van der Waals surface area contributed by atoms with Gasteiger partial charge in [0.25, 0.3) is 0 Å². The zero-order valence-electron chi connectivity index (χ0n) is 14.1. The van der Waals surface area contributed by atoms with Gasteiger partial charge in [-0.1, -0.05) is 56.4 Å². The summed E-state index contributed by atoms with van der Waals surface area (Å²) in [7, 11) is 0. The van der Waals surface area contributed by atoms with Gasteiger partial charge in [-0.15, -0.1) is 19.7 Å². The topological polar surface area (TPSA) is 0 Å². The van der Waals surface area contributed by atoms with Gasteiger partial charge in [0.15, 0.2) is 0 Å². The monoisotopic (exact) mass is 286 g/mol. The summed E-state index contributed by atoms with van der Waals surface area (Å²) in [6, 6.07) is 0. The standard InChI is InChI=1S/C21H34/c1-6-10-12-16-20(8-3)18-21(9-4)17-14-11-13-15-19(5)7-2/h7-13,19-21H,2-4,6,14-18H2,1,5H3/t19?,20-,21-/m1/s1. The number of hydrogen-bond donors (Lipinski definition) is 0. The summed E-state index contributed by atoms with van der Waals surface area (Å²) in [5, 5.41) is 0. The van der Waals surface area contributed by atoms with Crippen molar-refractivity contribution in [3.05, 3.63) is 62.3 Å². The zero-order chi connectivity index (χ0) is 15.9. The van der Waals surface area contributed by atoms with Crippen molar-refractivity contribution in [2.45, 2.75) is 52.4 Å². The van der Waals surface area contributed by atoms with Crippen LogP contribution in [0.5, 0.6) is 0 Å². The third kappa shape index (κ3) is 11.1. The van der Waals surface area contributed by atoms with Crippen LogP contribution in [0.25, 0.3) is 0 Å². The molecule has 0 aromatic heterocycles. The zero-order valence-corrected chi connectivity index (χ0v) is 14.1. The number of rotatable bonds is 13. The predicted octanol–water partition coefficient (Wildman–Crippen LogP) is 6.89. The second-order valence-electron chi connectivity index (χ2n) is 5.84. The van der Waals surface area contributed by atoms with Crippen LogP contribution in [0.3, 0.4) is 0 Å². The summed E-state index contributed by atoms with van der Waals surface area (Å²) < 4.78 is 0. The fourth-order valence-corrected chi connectivity index (χ4v) is 2.28. The maximum atomic E-state index is 4.00. The number of hydrogen-bond acceptors (Lipinski definition) is 0. The molecule has 0 heteroatoms. The van der Waals surface area contributed by atoms with E-state index in [4.69, 9.17) is 0 Å². The molecule has 0 aromatic carbocycles. The molecule has 0 saturated heterocycles. The van der Waals surface area contributed by atoms with Crippen LogP contribution in [-0.2, 0) is 0 Å². The van der Waals surface area contributed by atoms with E-state index in [1.807, 2.05) is 6.08 Å². The molecule has 21 heavy (non-hydrogen) atoms. The average Bonchev–Trinajstić information content (AvgIpc) is 2.51. The molecule has 0 aliphatic rings. The van der Waals surface area contributed by atoms with Gasteiger partial charge in [0, 0.05) is 0 Å². The van der Waals surface area contributed by atoms with Crippen molar-refractivity contribution >= 4 is 0 Å². The van der Waals surface area contributed by atoms with Crippen LogP contribution >= 0.6 is 0 Å². The highest BCUT2D eigenvalue weighted by Gasteiger charge is 2.09. The minimum atomic E-state index is 0.570. The van der Waals surface area contributed by atoms with E-state index in [0.717, 1.165) is 32.1 Å². The molecule has 0 bridgehead atoms. The van der Waals surface area contributed by atoms with E-state index in [2.05, 4.69) is 70.0 Å². The molecule has 0 saturated carbocycles. The summed E-state index contributed by atoms with van der Waals surface area (Å²) in [4.78, 5) is 0. The van der Waals surface area contributed by atoms with Gasteiger partial charge in [-0.25, -0.2) is 0 Å². The SMILES string of the molecule is C=CC(C)CC=CCC[C@@H](C=C)C[C@H](C=C)CC=CCC. The lowest BCUT2D eigenvalue weighted by Crippen LogP contribution is -2.04. The molecule has 0 radical (unpaired) electrons. The first kappa shape index (κ1) is 19.7. The average molecular weight is 287 g/mol. The van der Waals surface area contributed by atoms with E-state index in [0.29, 0.717) is 17.8 Å². The lowest BCUT2D eigenvalue weighted by Gasteiger charge is -2.17. The minimum Gasteiger partial charge on any atom is -0.103 e. The van der Waals surface area contributed by atoms with Crippen LogP contribution in [0, 0.1) is 17.8 Å². The molecular formula is C21H34. The van der Waals surface area contributed by atoms with Crippen LogP contribution < -0.4 is 0 Å². The number of allylic oxidation sites excluding steroid dienone is 7. The minimum absolute atomic E-state index is 0.570. The third-order valence-corrected chi connectivity index (χ3v) is 3.89. The lowest BCUT2D eigenvalue weighted by atomic mass is 9.89. The lowest BCUT2D eigenvalue weighted by molar-refractivity contribution is 0.464. The van der Waals surface area contributed by atoms with Crippen molar-refractivity contribution in [2.24, 2.45) is 17.8 Å². The predicted molar refractivity (Wildman–Crippen MR) is 98.4 cm³/mol. The van der Waals surface area contributed by atoms with Crippen LogP contribution in [0.2, 0.25) is 0 Å². The Morgan fingerprint density at radius 2 is 1.48 bits per heavy atom. The fourth-order valence-electron chi connectivity index (χ4n) is 2.28. The Bertz CT molecular complexity index is 332. The Morgan fingerprint density at radius 1 is 0.810 bits per heavy atom. The van der Waals surface area contributed by atoms with Crippen molar-refractivity contribution < 1.29 is 0 Å². The van der Waals surface area contributed by atoms with E-state index in [1.54, 1.807) is 0 Å². The highest BCUT2D eigenvalue weighted by Crippen LogP contribution is 2.22. The van der Waals surface area contributed by atoms with E-state index < -0.39 is 0 Å². The molecule has 0 nitrogen and oxygen atoms in total. The Morgan fingerprint density at radius 3 is 2.05 bits per heavy atom. The quantitative estimate of drug-likeness (QED) is 0.323. The van der Waals surface area contributed by atoms with Crippen molar-refractivity contribution in [2.75, 3.05) is 0 Å². The molecule has 0 aliphatic heterocycles. The van der Waals surface area contributed by atoms with Crippen LogP contribution in [0.4, 0.5) is 0 Å². The van der Waals surface area contributed by atoms with Crippen molar-refractivity contribution in [3.63, 3.8) is 0 Å². The van der Waals surface area contributed by atoms with Crippen LogP contribution in [0.15, 0.2) is 62.3 Å². The molecule has 0 amide bonds. The smallest absolute Gasteiger partial charge is 0.0196 e. The molecule has 0 aromatic rings. The molecule has 3 atom stereocenters. The summed E-state index contributed by atoms with van der Waals surface area (Å²) in [6.45, 7) is 16.2. The highest BCUT2D eigenvalue weighted by molar-refractivity contribution is 4.94. The van der Waals surface area contributed by atoms with E-state index >= 15 is 0 Å². The van der Waals surface area contributed by atoms with Crippen molar-refractivity contribution in [1.29, 1.82) is 0 Å². The van der Waals surface area contributed by atoms with Crippen molar-refractivity contribution in [3.8, 4) is 0 Å². The molecule has 0 N–H and O–H groups in total. The maximum Gasteiger partial charge on any atom is -0.0196 e.